The zero-order chi connectivity index (χ0) is 9.97. The number of hydrogen-bond donors (Lipinski definition) is 0. The van der Waals surface area contributed by atoms with Crippen molar-refractivity contribution in [1.82, 2.24) is 0 Å². The minimum atomic E-state index is -0.373. The van der Waals surface area contributed by atoms with Crippen molar-refractivity contribution >= 4 is 26.1 Å². The van der Waals surface area contributed by atoms with Gasteiger partial charge >= 0.3 is 90.8 Å². The monoisotopic (exact) mass is 303 g/mol. The van der Waals surface area contributed by atoms with Gasteiger partial charge in [0.05, 0.1) is 0 Å². The van der Waals surface area contributed by atoms with Crippen LogP contribution in [0.25, 0.3) is 9.14 Å². The van der Waals surface area contributed by atoms with Gasteiger partial charge in [-0.05, 0) is 0 Å². The Hall–Kier alpha value is -1.11. The molecule has 0 saturated heterocycles. The van der Waals surface area contributed by atoms with Crippen LogP contribution in [0.15, 0.2) is 40.5 Å². The molecule has 0 bridgehead atoms. The molecule has 0 aliphatic rings. The van der Waals surface area contributed by atoms with Gasteiger partial charge in [-0.3, -0.25) is 0 Å². The third-order valence-electron chi connectivity index (χ3n) is 1.88. The van der Waals surface area contributed by atoms with Crippen LogP contribution in [0.1, 0.15) is 0 Å². The number of non-ortho nitro benzene ring substituents is 1. The minimum absolute atomic E-state index is 0.154. The summed E-state index contributed by atoms with van der Waals surface area (Å²) in [4.78, 5) is 10.0. The third-order valence-corrected chi connectivity index (χ3v) is 4.51. The topological polar surface area (TPSA) is 43.1 Å². The Balaban J connectivity index is 2.36. The van der Waals surface area contributed by atoms with Gasteiger partial charge in [-0.15, -0.1) is 0 Å². The van der Waals surface area contributed by atoms with Crippen molar-refractivity contribution in [2.45, 2.75) is 0 Å². The molecule has 0 amide bonds. The van der Waals surface area contributed by atoms with Gasteiger partial charge in [0.2, 0.25) is 0 Å². The van der Waals surface area contributed by atoms with Gasteiger partial charge in [0.1, 0.15) is 0 Å². The van der Waals surface area contributed by atoms with Gasteiger partial charge in [-0.1, -0.05) is 0 Å². The molecule has 1 heterocycles. The Labute approximate surface area is 90.8 Å². The van der Waals surface area contributed by atoms with Gasteiger partial charge in [-0.25, -0.2) is 0 Å². The molecule has 14 heavy (non-hydrogen) atoms. The summed E-state index contributed by atoms with van der Waals surface area (Å²) in [5.74, 6) is 0. The van der Waals surface area contributed by atoms with Crippen molar-refractivity contribution in [1.29, 1.82) is 0 Å². The van der Waals surface area contributed by atoms with Crippen LogP contribution in [0.3, 0.4) is 0 Å². The van der Waals surface area contributed by atoms with E-state index in [1.54, 1.807) is 12.1 Å². The molecule has 3 nitrogen and oxygen atoms in total. The molecule has 4 heteroatoms. The zero-order valence-electron chi connectivity index (χ0n) is 7.21. The number of benzene rings is 1. The fourth-order valence-electron chi connectivity index (χ4n) is 1.19. The Morgan fingerprint density at radius 1 is 1.14 bits per heavy atom. The molecule has 0 N–H and O–H groups in total. The average molecular weight is 301 g/mol. The molecule has 0 radical (unpaired) electrons. The number of nitro groups is 1. The third kappa shape index (κ3) is 1.87. The van der Waals surface area contributed by atoms with Crippen LogP contribution in [0.5, 0.6) is 0 Å². The van der Waals surface area contributed by atoms with E-state index in [1.807, 2.05) is 12.1 Å². The molecule has 0 atom stereocenters. The van der Waals surface area contributed by atoms with E-state index in [2.05, 4.69) is 16.2 Å². The van der Waals surface area contributed by atoms with Crippen LogP contribution in [-0.4, -0.2) is 25.4 Å². The van der Waals surface area contributed by atoms with Crippen LogP contribution in [0.2, 0.25) is 0 Å². The average Bonchev–Trinajstić information content (AvgIpc) is 2.71. The summed E-state index contributed by atoms with van der Waals surface area (Å²) in [6, 6.07) is 10.9. The fraction of sp³-hybridized carbons (Fsp3) is 0. The van der Waals surface area contributed by atoms with Crippen LogP contribution in [-0.2, 0) is 0 Å². The van der Waals surface area contributed by atoms with Crippen molar-refractivity contribution < 1.29 is 4.92 Å². The molecular formula is C10H7NO2Te. The van der Waals surface area contributed by atoms with E-state index in [-0.39, 0.29) is 31.0 Å². The van der Waals surface area contributed by atoms with Crippen molar-refractivity contribution in [3.05, 3.63) is 50.6 Å². The van der Waals surface area contributed by atoms with Crippen LogP contribution in [0, 0.1) is 10.1 Å². The predicted molar refractivity (Wildman–Crippen MR) is 55.5 cm³/mol. The second-order valence-corrected chi connectivity index (χ2v) is 5.49. The first-order valence-corrected chi connectivity index (χ1v) is 6.57. The summed E-state index contributed by atoms with van der Waals surface area (Å²) in [6.45, 7) is 0. The maximum atomic E-state index is 10.4. The van der Waals surface area contributed by atoms with Gasteiger partial charge < -0.3 is 0 Å². The van der Waals surface area contributed by atoms with E-state index >= 15 is 0 Å². The van der Waals surface area contributed by atoms with Crippen LogP contribution < -0.4 is 0 Å². The molecule has 2 rings (SSSR count). The van der Waals surface area contributed by atoms with Gasteiger partial charge in [0, 0.05) is 0 Å². The van der Waals surface area contributed by atoms with Crippen LogP contribution >= 0.6 is 0 Å². The van der Waals surface area contributed by atoms with Crippen LogP contribution in [0.4, 0.5) is 5.69 Å². The number of rotatable bonds is 2. The van der Waals surface area contributed by atoms with Gasteiger partial charge in [0.25, 0.3) is 0 Å². The molecule has 0 aliphatic heterocycles. The number of hydrogen-bond acceptors (Lipinski definition) is 2. The summed E-state index contributed by atoms with van der Waals surface area (Å²) in [5, 5.41) is 10.4. The molecule has 0 aliphatic carbocycles. The normalized spacial score (nSPS) is 10.0. The summed E-state index contributed by atoms with van der Waals surface area (Å²) >= 11 is -0.187. The molecule has 1 aromatic carbocycles. The van der Waals surface area contributed by atoms with E-state index in [0.29, 0.717) is 0 Å². The fourth-order valence-corrected chi connectivity index (χ4v) is 3.28. The summed E-state index contributed by atoms with van der Waals surface area (Å²) in [7, 11) is 0. The van der Waals surface area contributed by atoms with E-state index in [9.17, 15) is 10.1 Å². The Morgan fingerprint density at radius 2 is 1.86 bits per heavy atom. The number of nitrogens with zero attached hydrogens (tertiary/aromatic N) is 1. The Kier molecular flexibility index (Phi) is 2.67. The molecule has 0 unspecified atom stereocenters. The summed E-state index contributed by atoms with van der Waals surface area (Å²) < 4.78 is 3.53. The van der Waals surface area contributed by atoms with Crippen molar-refractivity contribution in [2.75, 3.05) is 0 Å². The van der Waals surface area contributed by atoms with Crippen molar-refractivity contribution in [2.24, 2.45) is 0 Å². The second kappa shape index (κ2) is 3.95. The molecule has 2 aromatic rings. The maximum absolute atomic E-state index is 10.4. The molecule has 0 saturated carbocycles. The second-order valence-electron chi connectivity index (χ2n) is 2.78. The molecule has 0 spiro atoms. The van der Waals surface area contributed by atoms with E-state index in [4.69, 9.17) is 0 Å². The zero-order valence-corrected chi connectivity index (χ0v) is 9.54. The van der Waals surface area contributed by atoms with E-state index in [0.717, 1.165) is 5.56 Å². The Bertz CT molecular complexity index is 434. The summed E-state index contributed by atoms with van der Waals surface area (Å²) in [6.07, 6.45) is 0. The molecule has 70 valence electrons. The molecule has 1 aromatic heterocycles. The first-order chi connectivity index (χ1) is 6.77. The first kappa shape index (κ1) is 9.44. The van der Waals surface area contributed by atoms with Crippen molar-refractivity contribution in [3.63, 3.8) is 0 Å². The summed E-state index contributed by atoms with van der Waals surface area (Å²) in [5.41, 5.74) is 1.27. The molecule has 0 fully saturated rings. The van der Waals surface area contributed by atoms with Crippen molar-refractivity contribution in [3.8, 4) is 9.14 Å². The predicted octanol–water partition coefficient (Wildman–Crippen LogP) is 2.32. The van der Waals surface area contributed by atoms with E-state index in [1.165, 1.54) is 3.58 Å². The molecular weight excluding hydrogens is 294 g/mol. The standard InChI is InChI=1S/C10H7NO2Te/c12-11(13)9-5-3-8(4-6-9)10-2-1-7-14-10/h1-7H. The number of nitro benzene ring substituents is 1. The van der Waals surface area contributed by atoms with Gasteiger partial charge in [-0.2, -0.15) is 0 Å². The quantitative estimate of drug-likeness (QED) is 0.485. The first-order valence-electron chi connectivity index (χ1n) is 4.06. The SMILES string of the molecule is O=[N+]([O-])c1ccc(-c2ccc[te]2)cc1. The van der Waals surface area contributed by atoms with E-state index < -0.39 is 0 Å². The van der Waals surface area contributed by atoms with Gasteiger partial charge in [0.15, 0.2) is 0 Å². The Morgan fingerprint density at radius 3 is 2.36 bits per heavy atom.